The van der Waals surface area contributed by atoms with E-state index < -0.39 is 0 Å². The summed E-state index contributed by atoms with van der Waals surface area (Å²) < 4.78 is 0. The van der Waals surface area contributed by atoms with Crippen molar-refractivity contribution in [1.29, 1.82) is 0 Å². The van der Waals surface area contributed by atoms with E-state index in [0.29, 0.717) is 24.4 Å². The van der Waals surface area contributed by atoms with Gasteiger partial charge in [-0.3, -0.25) is 9.59 Å². The molecule has 5 nitrogen and oxygen atoms in total. The topological polar surface area (TPSA) is 61.4 Å². The molecule has 4 aromatic carbocycles. The third kappa shape index (κ3) is 7.23. The number of rotatable bonds is 10. The second-order valence-corrected chi connectivity index (χ2v) is 10.8. The predicted octanol–water partition coefficient (Wildman–Crippen LogP) is 7.06. The lowest BCUT2D eigenvalue weighted by Crippen LogP contribution is -2.40. The molecule has 0 aromatic heterocycles. The van der Waals surface area contributed by atoms with Crippen molar-refractivity contribution in [2.24, 2.45) is 5.92 Å². The summed E-state index contributed by atoms with van der Waals surface area (Å²) in [5, 5.41) is 6.21. The Morgan fingerprint density at radius 3 is 2.12 bits per heavy atom. The Morgan fingerprint density at radius 2 is 1.44 bits per heavy atom. The minimum Gasteiger partial charge on any atom is -0.372 e. The van der Waals surface area contributed by atoms with Crippen LogP contribution < -0.4 is 15.5 Å². The molecule has 2 amide bonds. The highest BCUT2D eigenvalue weighted by Gasteiger charge is 2.32. The monoisotopic (exact) mass is 545 g/mol. The zero-order valence-corrected chi connectivity index (χ0v) is 23.8. The van der Waals surface area contributed by atoms with Crippen LogP contribution in [0.3, 0.4) is 0 Å². The number of piperidine rings is 1. The molecule has 1 aliphatic rings. The number of amides is 2. The van der Waals surface area contributed by atoms with Crippen molar-refractivity contribution in [3.63, 3.8) is 0 Å². The summed E-state index contributed by atoms with van der Waals surface area (Å²) in [5.41, 5.74) is 5.89. The molecule has 1 atom stereocenters. The smallest absolute Gasteiger partial charge is 0.255 e. The molecule has 0 bridgehead atoms. The molecule has 5 rings (SSSR count). The highest BCUT2D eigenvalue weighted by molar-refractivity contribution is 6.05. The highest BCUT2D eigenvalue weighted by Crippen LogP contribution is 2.35. The first-order chi connectivity index (χ1) is 20.1. The van der Waals surface area contributed by atoms with E-state index in [4.69, 9.17) is 0 Å². The average Bonchev–Trinajstić information content (AvgIpc) is 3.02. The van der Waals surface area contributed by atoms with Crippen LogP contribution in [0.1, 0.15) is 59.2 Å². The van der Waals surface area contributed by atoms with Gasteiger partial charge in [0.2, 0.25) is 5.91 Å². The van der Waals surface area contributed by atoms with Crippen LogP contribution in [0.25, 0.3) is 0 Å². The van der Waals surface area contributed by atoms with E-state index in [2.05, 4.69) is 58.9 Å². The minimum absolute atomic E-state index is 0.0987. The van der Waals surface area contributed by atoms with Gasteiger partial charge in [0.15, 0.2) is 0 Å². The second-order valence-electron chi connectivity index (χ2n) is 10.8. The number of hydrogen-bond donors (Lipinski definition) is 2. The van der Waals surface area contributed by atoms with Crippen LogP contribution in [0.5, 0.6) is 0 Å². The molecule has 5 heteroatoms. The molecule has 1 saturated heterocycles. The molecular formula is C36H39N3O2. The molecule has 2 N–H and O–H groups in total. The van der Waals surface area contributed by atoms with Gasteiger partial charge in [-0.1, -0.05) is 85.8 Å². The van der Waals surface area contributed by atoms with E-state index in [1.54, 1.807) is 0 Å². The first-order valence-electron chi connectivity index (χ1n) is 14.7. The molecule has 1 aliphatic heterocycles. The van der Waals surface area contributed by atoms with Crippen molar-refractivity contribution in [3.8, 4) is 0 Å². The zero-order chi connectivity index (χ0) is 28.4. The molecule has 4 aromatic rings. The Balaban J connectivity index is 1.20. The summed E-state index contributed by atoms with van der Waals surface area (Å²) in [6.07, 6.45) is 3.55. The predicted molar refractivity (Wildman–Crippen MR) is 168 cm³/mol. The van der Waals surface area contributed by atoms with E-state index in [0.717, 1.165) is 54.9 Å². The van der Waals surface area contributed by atoms with Gasteiger partial charge in [0.1, 0.15) is 0 Å². The van der Waals surface area contributed by atoms with Crippen LogP contribution in [0, 0.1) is 5.92 Å². The first-order valence-corrected chi connectivity index (χ1v) is 14.7. The zero-order valence-electron chi connectivity index (χ0n) is 23.8. The van der Waals surface area contributed by atoms with E-state index in [-0.39, 0.29) is 17.7 Å². The number of carbonyl (C=O) groups is 2. The molecule has 41 heavy (non-hydrogen) atoms. The van der Waals surface area contributed by atoms with Gasteiger partial charge in [-0.15, -0.1) is 0 Å². The Kier molecular flexibility index (Phi) is 9.48. The van der Waals surface area contributed by atoms with E-state index in [9.17, 15) is 9.59 Å². The lowest BCUT2D eigenvalue weighted by Gasteiger charge is -2.37. The van der Waals surface area contributed by atoms with Crippen molar-refractivity contribution in [2.75, 3.05) is 29.9 Å². The number of hydrogen-bond acceptors (Lipinski definition) is 3. The molecule has 0 saturated carbocycles. The summed E-state index contributed by atoms with van der Waals surface area (Å²) in [6.45, 7) is 4.59. The third-order valence-electron chi connectivity index (χ3n) is 7.99. The number of nitrogens with one attached hydrogen (secondary N) is 2. The highest BCUT2D eigenvalue weighted by atomic mass is 16.2. The summed E-state index contributed by atoms with van der Waals surface area (Å²) >= 11 is 0. The van der Waals surface area contributed by atoms with Crippen LogP contribution >= 0.6 is 0 Å². The molecule has 0 radical (unpaired) electrons. The van der Waals surface area contributed by atoms with Gasteiger partial charge in [0.05, 0.1) is 5.92 Å². The van der Waals surface area contributed by atoms with Crippen LogP contribution in [0.15, 0.2) is 109 Å². The lowest BCUT2D eigenvalue weighted by molar-refractivity contribution is -0.124. The largest absolute Gasteiger partial charge is 0.372 e. The second kappa shape index (κ2) is 13.8. The fraction of sp³-hybridized carbons (Fsp3) is 0.278. The lowest BCUT2D eigenvalue weighted by atomic mass is 9.79. The molecule has 0 aliphatic carbocycles. The maximum atomic E-state index is 13.2. The van der Waals surface area contributed by atoms with Crippen molar-refractivity contribution in [3.05, 3.63) is 131 Å². The first kappa shape index (κ1) is 28.2. The molecular weight excluding hydrogens is 506 g/mol. The third-order valence-corrected chi connectivity index (χ3v) is 7.99. The summed E-state index contributed by atoms with van der Waals surface area (Å²) in [6, 6.07) is 36.3. The van der Waals surface area contributed by atoms with Crippen LogP contribution in [-0.4, -0.2) is 31.4 Å². The van der Waals surface area contributed by atoms with Crippen molar-refractivity contribution in [1.82, 2.24) is 5.32 Å². The van der Waals surface area contributed by atoms with E-state index in [1.165, 1.54) is 5.56 Å². The fourth-order valence-electron chi connectivity index (χ4n) is 5.81. The molecule has 0 spiro atoms. The number of benzene rings is 4. The fourth-order valence-corrected chi connectivity index (χ4v) is 5.81. The maximum absolute atomic E-state index is 13.2. The molecule has 210 valence electrons. The quantitative estimate of drug-likeness (QED) is 0.224. The minimum atomic E-state index is -0.118. The summed E-state index contributed by atoms with van der Waals surface area (Å²) in [7, 11) is 0. The van der Waals surface area contributed by atoms with Gasteiger partial charge < -0.3 is 15.5 Å². The Labute approximate surface area is 243 Å². The number of nitrogens with zero attached hydrogens (tertiary/aromatic N) is 1. The van der Waals surface area contributed by atoms with Gasteiger partial charge in [-0.05, 0) is 78.6 Å². The maximum Gasteiger partial charge on any atom is 0.255 e. The number of carbonyl (C=O) groups excluding carboxylic acids is 2. The molecule has 1 fully saturated rings. The van der Waals surface area contributed by atoms with Gasteiger partial charge in [0.25, 0.3) is 5.91 Å². The van der Waals surface area contributed by atoms with Crippen molar-refractivity contribution in [2.45, 2.75) is 38.5 Å². The summed E-state index contributed by atoms with van der Waals surface area (Å²) in [5.74, 6) is 0.229. The average molecular weight is 546 g/mol. The Bertz CT molecular complexity index is 1410. The van der Waals surface area contributed by atoms with Gasteiger partial charge in [0, 0.05) is 36.6 Å². The molecule has 1 unspecified atom stereocenters. The molecule has 1 heterocycles. The van der Waals surface area contributed by atoms with Gasteiger partial charge >= 0.3 is 0 Å². The van der Waals surface area contributed by atoms with Crippen LogP contribution in [0.4, 0.5) is 11.4 Å². The van der Waals surface area contributed by atoms with E-state index >= 15 is 0 Å². The van der Waals surface area contributed by atoms with Gasteiger partial charge in [-0.2, -0.15) is 0 Å². The van der Waals surface area contributed by atoms with E-state index in [1.807, 2.05) is 72.8 Å². The van der Waals surface area contributed by atoms with Crippen molar-refractivity contribution < 1.29 is 9.59 Å². The normalized spacial score (nSPS) is 14.3. The van der Waals surface area contributed by atoms with Crippen molar-refractivity contribution >= 4 is 23.2 Å². The Morgan fingerprint density at radius 1 is 0.805 bits per heavy atom. The SMILES string of the molecule is CCCNC(=O)C(c1ccccc1)C1CCN(c2ccc(NC(=O)c3ccccc3Cc3ccccc3)cc2)CC1. The number of anilines is 2. The summed E-state index contributed by atoms with van der Waals surface area (Å²) in [4.78, 5) is 28.7. The van der Waals surface area contributed by atoms with Gasteiger partial charge in [-0.25, -0.2) is 0 Å². The van der Waals surface area contributed by atoms with Crippen LogP contribution in [0.2, 0.25) is 0 Å². The Hall–Kier alpha value is -4.38. The van der Waals surface area contributed by atoms with Crippen LogP contribution in [-0.2, 0) is 11.2 Å². The standard InChI is InChI=1S/C36H39N3O2/c1-2-23-37-36(41)34(28-13-7-4-8-14-28)29-21-24-39(25-22-29)32-19-17-31(18-20-32)38-35(40)33-16-10-9-15-30(33)26-27-11-5-3-6-12-27/h3-20,29,34H,2,21-26H2,1H3,(H,37,41)(H,38,40).